The number of nitrogens with one attached hydrogen (secondary N) is 2. The van der Waals surface area contributed by atoms with E-state index >= 15 is 0 Å². The first-order chi connectivity index (χ1) is 7.02. The third-order valence-corrected chi connectivity index (χ3v) is 1.88. The molecule has 1 aromatic heterocycles. The summed E-state index contributed by atoms with van der Waals surface area (Å²) in [4.78, 5) is 24.7. The third-order valence-electron chi connectivity index (χ3n) is 1.88. The van der Waals surface area contributed by atoms with Gasteiger partial charge >= 0.3 is 5.97 Å². The maximum Gasteiger partial charge on any atom is 0.328 e. The molecular weight excluding hydrogens is 200 g/mol. The highest BCUT2D eigenvalue weighted by molar-refractivity contribution is 5.95. The normalized spacial score (nSPS) is 14.3. The van der Waals surface area contributed by atoms with E-state index in [9.17, 15) is 9.59 Å². The van der Waals surface area contributed by atoms with Crippen molar-refractivity contribution in [1.82, 2.24) is 10.3 Å². The second kappa shape index (κ2) is 4.61. The van der Waals surface area contributed by atoms with Crippen LogP contribution in [-0.2, 0) is 4.79 Å². The molecule has 4 N–H and O–H groups in total. The zero-order chi connectivity index (χ0) is 11.4. The summed E-state index contributed by atoms with van der Waals surface area (Å²) in [7, 11) is 0. The molecule has 0 saturated carbocycles. The number of aliphatic carboxylic acids is 1. The first kappa shape index (κ1) is 11.3. The molecule has 0 radical (unpaired) electrons. The molecule has 6 heteroatoms. The molecule has 0 saturated heterocycles. The molecule has 0 fully saturated rings. The van der Waals surface area contributed by atoms with Crippen LogP contribution in [0, 0.1) is 0 Å². The maximum absolute atomic E-state index is 11.4. The molecule has 1 aromatic rings. The number of rotatable bonds is 4. The van der Waals surface area contributed by atoms with E-state index in [1.165, 1.54) is 13.0 Å². The molecule has 6 nitrogen and oxygen atoms in total. The smallest absolute Gasteiger partial charge is 0.328 e. The number of carboxylic acids is 1. The number of aromatic amines is 1. The van der Waals surface area contributed by atoms with Crippen LogP contribution in [0.5, 0.6) is 0 Å². The minimum absolute atomic E-state index is 0.252. The topological polar surface area (TPSA) is 102 Å². The number of aromatic nitrogens is 1. The first-order valence-electron chi connectivity index (χ1n) is 4.37. The van der Waals surface area contributed by atoms with Gasteiger partial charge in [0.25, 0.3) is 5.91 Å². The zero-order valence-corrected chi connectivity index (χ0v) is 8.10. The van der Waals surface area contributed by atoms with Crippen LogP contribution >= 0.6 is 0 Å². The predicted molar refractivity (Wildman–Crippen MR) is 51.4 cm³/mol. The quantitative estimate of drug-likeness (QED) is 0.544. The molecule has 0 aliphatic heterocycles. The van der Waals surface area contributed by atoms with Crippen LogP contribution in [-0.4, -0.2) is 39.2 Å². The van der Waals surface area contributed by atoms with E-state index in [0.717, 1.165) is 0 Å². The molecule has 0 aliphatic carbocycles. The van der Waals surface area contributed by atoms with Gasteiger partial charge in [-0.2, -0.15) is 0 Å². The van der Waals surface area contributed by atoms with Crippen LogP contribution < -0.4 is 5.32 Å². The van der Waals surface area contributed by atoms with Crippen LogP contribution in [0.25, 0.3) is 0 Å². The van der Waals surface area contributed by atoms with Gasteiger partial charge in [0.05, 0.1) is 6.10 Å². The summed E-state index contributed by atoms with van der Waals surface area (Å²) < 4.78 is 0. The van der Waals surface area contributed by atoms with Crippen LogP contribution in [0.1, 0.15) is 17.4 Å². The van der Waals surface area contributed by atoms with E-state index in [1.54, 1.807) is 12.3 Å². The number of hydrogen-bond acceptors (Lipinski definition) is 3. The van der Waals surface area contributed by atoms with Crippen molar-refractivity contribution in [3.05, 3.63) is 24.0 Å². The molecule has 1 amide bonds. The van der Waals surface area contributed by atoms with Gasteiger partial charge in [0.1, 0.15) is 5.69 Å². The fourth-order valence-corrected chi connectivity index (χ4v) is 1.08. The summed E-state index contributed by atoms with van der Waals surface area (Å²) in [6.45, 7) is 1.30. The fraction of sp³-hybridized carbons (Fsp3) is 0.333. The van der Waals surface area contributed by atoms with Crippen molar-refractivity contribution >= 4 is 11.9 Å². The lowest BCUT2D eigenvalue weighted by Crippen LogP contribution is -2.47. The summed E-state index contributed by atoms with van der Waals surface area (Å²) in [5, 5.41) is 20.0. The Morgan fingerprint density at radius 2 is 2.20 bits per heavy atom. The van der Waals surface area contributed by atoms with Gasteiger partial charge in [-0.25, -0.2) is 4.79 Å². The Hall–Kier alpha value is -1.82. The van der Waals surface area contributed by atoms with Crippen molar-refractivity contribution in [3.63, 3.8) is 0 Å². The molecule has 15 heavy (non-hydrogen) atoms. The molecule has 2 atom stereocenters. The van der Waals surface area contributed by atoms with Gasteiger partial charge in [-0.1, -0.05) is 0 Å². The summed E-state index contributed by atoms with van der Waals surface area (Å²) in [6, 6.07) is 1.82. The minimum atomic E-state index is -1.30. The Bertz CT molecular complexity index is 345. The van der Waals surface area contributed by atoms with Gasteiger partial charge in [0.2, 0.25) is 0 Å². The van der Waals surface area contributed by atoms with E-state index in [2.05, 4.69) is 10.3 Å². The number of aliphatic hydroxyl groups excluding tert-OH is 1. The Balaban J connectivity index is 2.67. The molecule has 0 aliphatic rings. The number of carbonyl (C=O) groups is 2. The second-order valence-electron chi connectivity index (χ2n) is 3.11. The minimum Gasteiger partial charge on any atom is -0.480 e. The molecule has 0 aromatic carbocycles. The van der Waals surface area contributed by atoms with Crippen LogP contribution in [0.4, 0.5) is 0 Å². The average Bonchev–Trinajstić information content (AvgIpc) is 2.65. The van der Waals surface area contributed by atoms with E-state index < -0.39 is 24.0 Å². The van der Waals surface area contributed by atoms with E-state index in [-0.39, 0.29) is 5.69 Å². The lowest BCUT2D eigenvalue weighted by Gasteiger charge is -2.16. The first-order valence-corrected chi connectivity index (χ1v) is 4.37. The summed E-state index contributed by atoms with van der Waals surface area (Å²) in [5.41, 5.74) is 0.252. The van der Waals surface area contributed by atoms with Crippen molar-refractivity contribution in [2.45, 2.75) is 19.1 Å². The lowest BCUT2D eigenvalue weighted by molar-refractivity contribution is -0.141. The molecule has 0 spiro atoms. The highest BCUT2D eigenvalue weighted by atomic mass is 16.4. The van der Waals surface area contributed by atoms with Crippen molar-refractivity contribution < 1.29 is 19.8 Å². The number of aliphatic hydroxyl groups is 1. The largest absolute Gasteiger partial charge is 0.480 e. The molecule has 0 unspecified atom stereocenters. The van der Waals surface area contributed by atoms with E-state index in [0.29, 0.717) is 0 Å². The highest BCUT2D eigenvalue weighted by Crippen LogP contribution is 1.98. The SMILES string of the molecule is C[C@@H](O)[C@H](NC(=O)c1ccc[nH]1)C(=O)O. The predicted octanol–water partition coefficient (Wildman–Crippen LogP) is -0.422. The van der Waals surface area contributed by atoms with Crippen LogP contribution in [0.15, 0.2) is 18.3 Å². The number of carbonyl (C=O) groups excluding carboxylic acids is 1. The van der Waals surface area contributed by atoms with Crippen molar-refractivity contribution in [2.24, 2.45) is 0 Å². The maximum atomic E-state index is 11.4. The van der Waals surface area contributed by atoms with E-state index in [1.807, 2.05) is 0 Å². The van der Waals surface area contributed by atoms with Gasteiger partial charge in [0, 0.05) is 6.20 Å². The molecule has 1 rings (SSSR count). The van der Waals surface area contributed by atoms with Crippen molar-refractivity contribution in [2.75, 3.05) is 0 Å². The molecule has 0 bridgehead atoms. The Kier molecular flexibility index (Phi) is 3.46. The van der Waals surface area contributed by atoms with Gasteiger partial charge < -0.3 is 20.5 Å². The van der Waals surface area contributed by atoms with Crippen LogP contribution in [0.2, 0.25) is 0 Å². The summed E-state index contributed by atoms with van der Waals surface area (Å²) in [6.07, 6.45) is 0.397. The Labute approximate surface area is 85.9 Å². The second-order valence-corrected chi connectivity index (χ2v) is 3.11. The monoisotopic (exact) mass is 212 g/mol. The highest BCUT2D eigenvalue weighted by Gasteiger charge is 2.25. The summed E-state index contributed by atoms with van der Waals surface area (Å²) in [5.74, 6) is -1.83. The fourth-order valence-electron chi connectivity index (χ4n) is 1.08. The molecule has 82 valence electrons. The Morgan fingerprint density at radius 1 is 1.53 bits per heavy atom. The average molecular weight is 212 g/mol. The zero-order valence-electron chi connectivity index (χ0n) is 8.10. The standard InChI is InChI=1S/C9H12N2O4/c1-5(12)7(9(14)15)11-8(13)6-3-2-4-10-6/h2-5,7,10,12H,1H3,(H,11,13)(H,14,15)/t5-,7+/m1/s1. The number of carboxylic acid groups (broad SMARTS) is 1. The van der Waals surface area contributed by atoms with Gasteiger partial charge in [-0.3, -0.25) is 4.79 Å². The molecule has 1 heterocycles. The number of amides is 1. The van der Waals surface area contributed by atoms with Gasteiger partial charge in [-0.05, 0) is 19.1 Å². The van der Waals surface area contributed by atoms with Gasteiger partial charge in [-0.15, -0.1) is 0 Å². The Morgan fingerprint density at radius 3 is 2.60 bits per heavy atom. The van der Waals surface area contributed by atoms with Gasteiger partial charge in [0.15, 0.2) is 6.04 Å². The summed E-state index contributed by atoms with van der Waals surface area (Å²) >= 11 is 0. The number of hydrogen-bond donors (Lipinski definition) is 4. The van der Waals surface area contributed by atoms with E-state index in [4.69, 9.17) is 10.2 Å². The third kappa shape index (κ3) is 2.81. The van der Waals surface area contributed by atoms with Crippen LogP contribution in [0.3, 0.4) is 0 Å². The van der Waals surface area contributed by atoms with Crippen molar-refractivity contribution in [3.8, 4) is 0 Å². The number of H-pyrrole nitrogens is 1. The lowest BCUT2D eigenvalue weighted by atomic mass is 10.2. The van der Waals surface area contributed by atoms with Crippen molar-refractivity contribution in [1.29, 1.82) is 0 Å². The molecular formula is C9H12N2O4.